The molecule has 1 rings (SSSR count). The molecule has 0 aromatic heterocycles. The smallest absolute Gasteiger partial charge is 0.0454 e. The third-order valence-corrected chi connectivity index (χ3v) is 3.96. The fourth-order valence-corrected chi connectivity index (χ4v) is 2.78. The van der Waals surface area contributed by atoms with E-state index in [-0.39, 0.29) is 0 Å². The lowest BCUT2D eigenvalue weighted by Crippen LogP contribution is -2.21. The van der Waals surface area contributed by atoms with Crippen molar-refractivity contribution in [1.29, 1.82) is 0 Å². The summed E-state index contributed by atoms with van der Waals surface area (Å²) in [5, 5.41) is 5.08. The molecule has 1 aromatic rings. The second kappa shape index (κ2) is 9.63. The lowest BCUT2D eigenvalue weighted by atomic mass is 9.99. The van der Waals surface area contributed by atoms with Crippen molar-refractivity contribution in [2.45, 2.75) is 58.4 Å². The van der Waals surface area contributed by atoms with Gasteiger partial charge in [-0.2, -0.15) is 0 Å². The van der Waals surface area contributed by atoms with Crippen molar-refractivity contribution in [3.63, 3.8) is 0 Å². The Labute approximate surface area is 127 Å². The van der Waals surface area contributed by atoms with Crippen LogP contribution >= 0.6 is 23.2 Å². The number of halogens is 2. The molecule has 19 heavy (non-hydrogen) atoms. The highest BCUT2D eigenvalue weighted by Gasteiger charge is 2.13. The fourth-order valence-electron chi connectivity index (χ4n) is 2.35. The lowest BCUT2D eigenvalue weighted by molar-refractivity contribution is 0.479. The van der Waals surface area contributed by atoms with Crippen molar-refractivity contribution < 1.29 is 0 Å². The van der Waals surface area contributed by atoms with E-state index in [0.717, 1.165) is 28.6 Å². The van der Waals surface area contributed by atoms with Gasteiger partial charge in [0.2, 0.25) is 0 Å². The molecule has 0 saturated carbocycles. The van der Waals surface area contributed by atoms with Crippen LogP contribution in [0.2, 0.25) is 10.0 Å². The number of nitrogens with one attached hydrogen (secondary N) is 1. The highest BCUT2D eigenvalue weighted by atomic mass is 35.5. The summed E-state index contributed by atoms with van der Waals surface area (Å²) < 4.78 is 0. The normalized spacial score (nSPS) is 12.6. The average Bonchev–Trinajstić information content (AvgIpc) is 2.40. The van der Waals surface area contributed by atoms with Gasteiger partial charge in [0.1, 0.15) is 0 Å². The summed E-state index contributed by atoms with van der Waals surface area (Å²) in [6.45, 7) is 5.32. The van der Waals surface area contributed by atoms with Gasteiger partial charge in [0.15, 0.2) is 0 Å². The van der Waals surface area contributed by atoms with E-state index in [4.69, 9.17) is 23.2 Å². The number of unbranched alkanes of at least 4 members (excludes halogenated alkanes) is 4. The molecule has 1 unspecified atom stereocenters. The van der Waals surface area contributed by atoms with Crippen LogP contribution in [0.5, 0.6) is 0 Å². The van der Waals surface area contributed by atoms with Crippen LogP contribution in [0, 0.1) is 0 Å². The van der Waals surface area contributed by atoms with Gasteiger partial charge >= 0.3 is 0 Å². The van der Waals surface area contributed by atoms with Gasteiger partial charge in [-0.25, -0.2) is 0 Å². The first-order valence-electron chi connectivity index (χ1n) is 7.37. The fraction of sp³-hybridized carbons (Fsp3) is 0.625. The molecular weight excluding hydrogens is 277 g/mol. The van der Waals surface area contributed by atoms with E-state index in [0.29, 0.717) is 6.04 Å². The Morgan fingerprint density at radius 2 is 1.79 bits per heavy atom. The predicted molar refractivity (Wildman–Crippen MR) is 86.3 cm³/mol. The largest absolute Gasteiger partial charge is 0.310 e. The van der Waals surface area contributed by atoms with Crippen molar-refractivity contribution in [3.05, 3.63) is 33.8 Å². The molecule has 1 N–H and O–H groups in total. The SMILES string of the molecule is CCCCCCCC(NCC)c1cc(Cl)ccc1Cl. The van der Waals surface area contributed by atoms with Crippen LogP contribution in [0.1, 0.15) is 64.0 Å². The highest BCUT2D eigenvalue weighted by molar-refractivity contribution is 6.33. The molecular formula is C16H25Cl2N. The maximum absolute atomic E-state index is 6.29. The number of hydrogen-bond donors (Lipinski definition) is 1. The Kier molecular flexibility index (Phi) is 8.52. The molecule has 1 nitrogen and oxygen atoms in total. The quantitative estimate of drug-likeness (QED) is 0.551. The van der Waals surface area contributed by atoms with E-state index in [1.807, 2.05) is 18.2 Å². The van der Waals surface area contributed by atoms with Gasteiger partial charge in [0.05, 0.1) is 0 Å². The van der Waals surface area contributed by atoms with Crippen LogP contribution in [0.3, 0.4) is 0 Å². The van der Waals surface area contributed by atoms with Gasteiger partial charge in [-0.1, -0.05) is 69.2 Å². The van der Waals surface area contributed by atoms with Crippen molar-refractivity contribution in [2.75, 3.05) is 6.54 Å². The van der Waals surface area contributed by atoms with E-state index in [2.05, 4.69) is 19.2 Å². The van der Waals surface area contributed by atoms with Crippen LogP contribution < -0.4 is 5.32 Å². The van der Waals surface area contributed by atoms with Crippen molar-refractivity contribution in [1.82, 2.24) is 5.32 Å². The Balaban J connectivity index is 2.58. The summed E-state index contributed by atoms with van der Waals surface area (Å²) in [5.41, 5.74) is 1.13. The Hall–Kier alpha value is -0.240. The van der Waals surface area contributed by atoms with Crippen molar-refractivity contribution >= 4 is 23.2 Å². The van der Waals surface area contributed by atoms with Gasteiger partial charge in [-0.05, 0) is 36.7 Å². The molecule has 0 aliphatic carbocycles. The first-order valence-corrected chi connectivity index (χ1v) is 8.13. The summed E-state index contributed by atoms with van der Waals surface area (Å²) >= 11 is 12.4. The molecule has 0 aliphatic heterocycles. The molecule has 0 heterocycles. The standard InChI is InChI=1S/C16H25Cl2N/c1-3-5-6-7-8-9-16(19-4-2)14-12-13(17)10-11-15(14)18/h10-12,16,19H,3-9H2,1-2H3. The molecule has 0 saturated heterocycles. The molecule has 0 radical (unpaired) electrons. The molecule has 0 bridgehead atoms. The maximum atomic E-state index is 6.29. The van der Waals surface area contributed by atoms with Crippen LogP contribution in [0.15, 0.2) is 18.2 Å². The number of rotatable bonds is 9. The topological polar surface area (TPSA) is 12.0 Å². The lowest BCUT2D eigenvalue weighted by Gasteiger charge is -2.20. The number of benzene rings is 1. The summed E-state index contributed by atoms with van der Waals surface area (Å²) in [5.74, 6) is 0. The summed E-state index contributed by atoms with van der Waals surface area (Å²) in [4.78, 5) is 0. The van der Waals surface area contributed by atoms with E-state index in [9.17, 15) is 0 Å². The summed E-state index contributed by atoms with van der Waals surface area (Å²) in [7, 11) is 0. The second-order valence-electron chi connectivity index (χ2n) is 4.98. The average molecular weight is 302 g/mol. The molecule has 1 atom stereocenters. The predicted octanol–water partition coefficient (Wildman–Crippen LogP) is 6.00. The second-order valence-corrected chi connectivity index (χ2v) is 5.82. The van der Waals surface area contributed by atoms with Crippen LogP contribution in [0.4, 0.5) is 0 Å². The molecule has 108 valence electrons. The third kappa shape index (κ3) is 6.16. The first kappa shape index (κ1) is 16.8. The Morgan fingerprint density at radius 1 is 1.05 bits per heavy atom. The van der Waals surface area contributed by atoms with Gasteiger partial charge in [-0.3, -0.25) is 0 Å². The van der Waals surface area contributed by atoms with E-state index >= 15 is 0 Å². The number of hydrogen-bond acceptors (Lipinski definition) is 1. The van der Waals surface area contributed by atoms with Crippen LogP contribution in [0.25, 0.3) is 0 Å². The van der Waals surface area contributed by atoms with Gasteiger partial charge in [0.25, 0.3) is 0 Å². The Bertz CT molecular complexity index is 366. The highest BCUT2D eigenvalue weighted by Crippen LogP contribution is 2.29. The van der Waals surface area contributed by atoms with Gasteiger partial charge in [-0.15, -0.1) is 0 Å². The molecule has 0 aliphatic rings. The van der Waals surface area contributed by atoms with E-state index < -0.39 is 0 Å². The zero-order valence-corrected chi connectivity index (χ0v) is 13.5. The molecule has 1 aromatic carbocycles. The molecule has 3 heteroatoms. The zero-order valence-electron chi connectivity index (χ0n) is 12.0. The summed E-state index contributed by atoms with van der Waals surface area (Å²) in [6, 6.07) is 6.04. The van der Waals surface area contributed by atoms with E-state index in [1.54, 1.807) is 0 Å². The molecule has 0 amide bonds. The van der Waals surface area contributed by atoms with Gasteiger partial charge in [0, 0.05) is 16.1 Å². The van der Waals surface area contributed by atoms with Crippen molar-refractivity contribution in [3.8, 4) is 0 Å². The zero-order chi connectivity index (χ0) is 14.1. The summed E-state index contributed by atoms with van der Waals surface area (Å²) in [6.07, 6.45) is 7.62. The minimum atomic E-state index is 0.317. The molecule has 0 spiro atoms. The first-order chi connectivity index (χ1) is 9.19. The van der Waals surface area contributed by atoms with Crippen LogP contribution in [-0.4, -0.2) is 6.54 Å². The maximum Gasteiger partial charge on any atom is 0.0454 e. The van der Waals surface area contributed by atoms with Crippen molar-refractivity contribution in [2.24, 2.45) is 0 Å². The minimum absolute atomic E-state index is 0.317. The monoisotopic (exact) mass is 301 g/mol. The van der Waals surface area contributed by atoms with Gasteiger partial charge < -0.3 is 5.32 Å². The third-order valence-electron chi connectivity index (χ3n) is 3.38. The van der Waals surface area contributed by atoms with Crippen LogP contribution in [-0.2, 0) is 0 Å². The minimum Gasteiger partial charge on any atom is -0.310 e. The molecule has 0 fully saturated rings. The Morgan fingerprint density at radius 3 is 2.47 bits per heavy atom. The van der Waals surface area contributed by atoms with E-state index in [1.165, 1.54) is 32.1 Å².